The van der Waals surface area contributed by atoms with Crippen LogP contribution >= 0.6 is 0 Å². The molecular weight excluding hydrogens is 182 g/mol. The van der Waals surface area contributed by atoms with E-state index in [-0.39, 0.29) is 36.9 Å². The van der Waals surface area contributed by atoms with Crippen LogP contribution in [0.1, 0.15) is 40.5 Å². The molecule has 0 atom stereocenters. The van der Waals surface area contributed by atoms with Gasteiger partial charge in [0.2, 0.25) is 5.91 Å². The van der Waals surface area contributed by atoms with Gasteiger partial charge in [-0.05, 0) is 13.8 Å². The maximum absolute atomic E-state index is 10.8. The first-order valence-corrected chi connectivity index (χ1v) is 4.78. The summed E-state index contributed by atoms with van der Waals surface area (Å²) in [5, 5.41) is 2.40. The highest BCUT2D eigenvalue weighted by molar-refractivity contribution is 5.87. The summed E-state index contributed by atoms with van der Waals surface area (Å²) >= 11 is 0. The van der Waals surface area contributed by atoms with Crippen LogP contribution in [0.15, 0.2) is 0 Å². The van der Waals surface area contributed by atoms with Crippen molar-refractivity contribution in [3.05, 3.63) is 0 Å². The highest BCUT2D eigenvalue weighted by Crippen LogP contribution is 1.89. The Hall–Kier alpha value is -1.19. The zero-order valence-electron chi connectivity index (χ0n) is 9.35. The Morgan fingerprint density at radius 1 is 0.929 bits per heavy atom. The van der Waals surface area contributed by atoms with Gasteiger partial charge in [0.05, 0.1) is 6.54 Å². The molecule has 0 spiro atoms. The molecule has 0 aromatic heterocycles. The Balaban J connectivity index is 0. The highest BCUT2D eigenvalue weighted by atomic mass is 16.2. The van der Waals surface area contributed by atoms with Crippen LogP contribution in [0.25, 0.3) is 0 Å². The Morgan fingerprint density at radius 2 is 1.43 bits per heavy atom. The smallest absolute Gasteiger partial charge is 0.220 e. The van der Waals surface area contributed by atoms with E-state index in [1.165, 1.54) is 13.8 Å². The third kappa shape index (κ3) is 13.4. The number of hydrogen-bond donors (Lipinski definition) is 1. The van der Waals surface area contributed by atoms with Crippen LogP contribution in [0.3, 0.4) is 0 Å². The van der Waals surface area contributed by atoms with Crippen molar-refractivity contribution in [2.45, 2.75) is 40.5 Å². The van der Waals surface area contributed by atoms with E-state index in [9.17, 15) is 14.4 Å². The Labute approximate surface area is 85.1 Å². The fourth-order valence-corrected chi connectivity index (χ4v) is 0.601. The zero-order chi connectivity index (χ0) is 11.6. The lowest BCUT2D eigenvalue weighted by atomic mass is 10.2. The van der Waals surface area contributed by atoms with Gasteiger partial charge in [-0.25, -0.2) is 0 Å². The zero-order valence-corrected chi connectivity index (χ0v) is 9.35. The van der Waals surface area contributed by atoms with Crippen molar-refractivity contribution in [1.82, 2.24) is 5.32 Å². The van der Waals surface area contributed by atoms with Gasteiger partial charge in [0.1, 0.15) is 11.6 Å². The minimum atomic E-state index is -0.250. The highest BCUT2D eigenvalue weighted by Gasteiger charge is 2.03. The Kier molecular flexibility index (Phi) is 10.8. The predicted octanol–water partition coefficient (Wildman–Crippen LogP) is 1.09. The third-order valence-corrected chi connectivity index (χ3v) is 1.24. The van der Waals surface area contributed by atoms with E-state index in [0.717, 1.165) is 0 Å². The molecule has 0 heterocycles. The second kappa shape index (κ2) is 9.89. The van der Waals surface area contributed by atoms with Gasteiger partial charge in [0.15, 0.2) is 0 Å². The summed E-state index contributed by atoms with van der Waals surface area (Å²) in [6.07, 6.45) is 0.409. The molecule has 0 saturated heterocycles. The number of nitrogens with one attached hydrogen (secondary N) is 1. The number of ketones is 2. The molecule has 0 unspecified atom stereocenters. The second-order valence-electron chi connectivity index (χ2n) is 2.68. The molecule has 82 valence electrons. The van der Waals surface area contributed by atoms with Crippen LogP contribution in [-0.4, -0.2) is 24.0 Å². The van der Waals surface area contributed by atoms with E-state index >= 15 is 0 Å². The SMILES string of the molecule is CC.CC(=O)CCC(=O)NCC(C)=O. The van der Waals surface area contributed by atoms with Crippen molar-refractivity contribution in [1.29, 1.82) is 0 Å². The molecule has 0 bridgehead atoms. The molecule has 1 amide bonds. The lowest BCUT2D eigenvalue weighted by Gasteiger charge is -2.00. The average molecular weight is 201 g/mol. The number of rotatable bonds is 5. The quantitative estimate of drug-likeness (QED) is 0.724. The van der Waals surface area contributed by atoms with Gasteiger partial charge in [0, 0.05) is 12.8 Å². The minimum absolute atomic E-state index is 0.0204. The molecule has 0 aromatic rings. The topological polar surface area (TPSA) is 63.2 Å². The van der Waals surface area contributed by atoms with Crippen molar-refractivity contribution < 1.29 is 14.4 Å². The predicted molar refractivity (Wildman–Crippen MR) is 55.0 cm³/mol. The molecule has 1 N–H and O–H groups in total. The number of hydrogen-bond acceptors (Lipinski definition) is 3. The molecule has 0 radical (unpaired) electrons. The molecule has 4 heteroatoms. The van der Waals surface area contributed by atoms with Crippen LogP contribution in [0.4, 0.5) is 0 Å². The van der Waals surface area contributed by atoms with Gasteiger partial charge in [-0.2, -0.15) is 0 Å². The van der Waals surface area contributed by atoms with Crippen LogP contribution in [0.5, 0.6) is 0 Å². The van der Waals surface area contributed by atoms with E-state index < -0.39 is 0 Å². The van der Waals surface area contributed by atoms with Crippen molar-refractivity contribution in [2.24, 2.45) is 0 Å². The monoisotopic (exact) mass is 201 g/mol. The van der Waals surface area contributed by atoms with Gasteiger partial charge in [-0.3, -0.25) is 9.59 Å². The fraction of sp³-hybridized carbons (Fsp3) is 0.700. The summed E-state index contributed by atoms with van der Waals surface area (Å²) in [7, 11) is 0. The maximum atomic E-state index is 10.8. The van der Waals surface area contributed by atoms with E-state index in [1.54, 1.807) is 0 Å². The molecule has 0 rings (SSSR count). The molecule has 14 heavy (non-hydrogen) atoms. The van der Waals surface area contributed by atoms with Crippen molar-refractivity contribution in [3.8, 4) is 0 Å². The summed E-state index contributed by atoms with van der Waals surface area (Å²) in [6.45, 7) is 6.88. The van der Waals surface area contributed by atoms with E-state index in [0.29, 0.717) is 0 Å². The lowest BCUT2D eigenvalue weighted by molar-refractivity contribution is -0.126. The third-order valence-electron chi connectivity index (χ3n) is 1.24. The van der Waals surface area contributed by atoms with E-state index in [2.05, 4.69) is 5.32 Å². The number of Topliss-reactive ketones (excluding diaryl/α,β-unsaturated/α-hetero) is 2. The van der Waals surface area contributed by atoms with Crippen LogP contribution in [0, 0.1) is 0 Å². The summed E-state index contributed by atoms with van der Waals surface area (Å²) < 4.78 is 0. The minimum Gasteiger partial charge on any atom is -0.349 e. The Morgan fingerprint density at radius 3 is 1.79 bits per heavy atom. The van der Waals surface area contributed by atoms with E-state index in [4.69, 9.17) is 0 Å². The summed E-state index contributed by atoms with van der Waals surface area (Å²) in [5.74, 6) is -0.362. The van der Waals surface area contributed by atoms with Gasteiger partial charge in [-0.1, -0.05) is 13.8 Å². The lowest BCUT2D eigenvalue weighted by Crippen LogP contribution is -2.28. The maximum Gasteiger partial charge on any atom is 0.220 e. The molecule has 4 nitrogen and oxygen atoms in total. The summed E-state index contributed by atoms with van der Waals surface area (Å²) in [5.41, 5.74) is 0. The second-order valence-corrected chi connectivity index (χ2v) is 2.68. The van der Waals surface area contributed by atoms with Crippen LogP contribution in [-0.2, 0) is 14.4 Å². The number of carbonyl (C=O) groups excluding carboxylic acids is 3. The summed E-state index contributed by atoms with van der Waals surface area (Å²) in [4.78, 5) is 31.7. The van der Waals surface area contributed by atoms with Gasteiger partial charge in [0.25, 0.3) is 0 Å². The molecule has 0 aliphatic heterocycles. The largest absolute Gasteiger partial charge is 0.349 e. The van der Waals surface area contributed by atoms with Crippen LogP contribution in [0.2, 0.25) is 0 Å². The van der Waals surface area contributed by atoms with Crippen molar-refractivity contribution >= 4 is 17.5 Å². The first-order chi connectivity index (χ1) is 6.52. The van der Waals surface area contributed by atoms with Gasteiger partial charge < -0.3 is 10.1 Å². The van der Waals surface area contributed by atoms with Gasteiger partial charge in [-0.15, -0.1) is 0 Å². The standard InChI is InChI=1S/C8H13NO3.C2H6/c1-6(10)3-4-8(12)9-5-7(2)11;1-2/h3-5H2,1-2H3,(H,9,12);1-2H3. The number of carbonyl (C=O) groups is 3. The molecule has 0 fully saturated rings. The fourth-order valence-electron chi connectivity index (χ4n) is 0.601. The molecule has 0 saturated carbocycles. The Bertz CT molecular complexity index is 180. The molecule has 0 aromatic carbocycles. The molecular formula is C10H19NO3. The molecule has 0 aliphatic rings. The van der Waals surface area contributed by atoms with E-state index in [1.807, 2.05) is 13.8 Å². The first-order valence-electron chi connectivity index (χ1n) is 4.78. The first kappa shape index (κ1) is 15.3. The summed E-state index contributed by atoms with van der Waals surface area (Å²) in [6, 6.07) is 0. The van der Waals surface area contributed by atoms with Gasteiger partial charge >= 0.3 is 0 Å². The average Bonchev–Trinajstić information content (AvgIpc) is 2.14. The number of amides is 1. The normalized spacial score (nSPS) is 8.29. The molecule has 0 aliphatic carbocycles. The van der Waals surface area contributed by atoms with Crippen LogP contribution < -0.4 is 5.32 Å². The van der Waals surface area contributed by atoms with Crippen molar-refractivity contribution in [2.75, 3.05) is 6.54 Å². The van der Waals surface area contributed by atoms with Crippen molar-refractivity contribution in [3.63, 3.8) is 0 Å².